The first-order valence-corrected chi connectivity index (χ1v) is 8.78. The summed E-state index contributed by atoms with van der Waals surface area (Å²) in [6.45, 7) is 6.36. The average molecular weight is 261 g/mol. The van der Waals surface area contributed by atoms with Gasteiger partial charge in [-0.3, -0.25) is 0 Å². The van der Waals surface area contributed by atoms with Crippen molar-refractivity contribution in [2.45, 2.75) is 77.7 Å². The summed E-state index contributed by atoms with van der Waals surface area (Å²) in [5, 5.41) is 3.78. The van der Waals surface area contributed by atoms with Gasteiger partial charge in [-0.2, -0.15) is 0 Å². The SMILES string of the molecule is CC(C)(CC12CC3CC(CC(C3)C1)C2)C1CCCN1. The molecule has 4 saturated carbocycles. The minimum atomic E-state index is 0.516. The average Bonchev–Trinajstić information content (AvgIpc) is 2.78. The van der Waals surface area contributed by atoms with Crippen LogP contribution in [0.15, 0.2) is 0 Å². The normalized spacial score (nSPS) is 48.9. The number of hydrogen-bond acceptors (Lipinski definition) is 1. The molecule has 1 saturated heterocycles. The topological polar surface area (TPSA) is 12.0 Å². The van der Waals surface area contributed by atoms with Gasteiger partial charge >= 0.3 is 0 Å². The van der Waals surface area contributed by atoms with Crippen LogP contribution in [-0.4, -0.2) is 12.6 Å². The zero-order valence-electron chi connectivity index (χ0n) is 12.9. The summed E-state index contributed by atoms with van der Waals surface area (Å²) in [6.07, 6.45) is 13.8. The van der Waals surface area contributed by atoms with Gasteiger partial charge in [-0.1, -0.05) is 13.8 Å². The van der Waals surface area contributed by atoms with Crippen molar-refractivity contribution in [3.05, 3.63) is 0 Å². The lowest BCUT2D eigenvalue weighted by atomic mass is 9.47. The molecule has 0 aromatic heterocycles. The lowest BCUT2D eigenvalue weighted by molar-refractivity contribution is -0.0778. The van der Waals surface area contributed by atoms with Crippen LogP contribution in [0.1, 0.15) is 71.6 Å². The van der Waals surface area contributed by atoms with E-state index in [1.807, 2.05) is 0 Å². The molecule has 5 aliphatic rings. The minimum absolute atomic E-state index is 0.516. The summed E-state index contributed by atoms with van der Waals surface area (Å²) < 4.78 is 0. The van der Waals surface area contributed by atoms with Gasteiger partial charge in [-0.25, -0.2) is 0 Å². The third-order valence-corrected chi connectivity index (χ3v) is 7.00. The highest BCUT2D eigenvalue weighted by Gasteiger charge is 2.53. The summed E-state index contributed by atoms with van der Waals surface area (Å²) in [4.78, 5) is 0. The molecule has 5 rings (SSSR count). The first-order valence-electron chi connectivity index (χ1n) is 8.78. The van der Waals surface area contributed by atoms with Gasteiger partial charge in [0.15, 0.2) is 0 Å². The van der Waals surface area contributed by atoms with Gasteiger partial charge in [0.2, 0.25) is 0 Å². The summed E-state index contributed by atoms with van der Waals surface area (Å²) in [7, 11) is 0. The molecule has 5 fully saturated rings. The summed E-state index contributed by atoms with van der Waals surface area (Å²) in [6, 6.07) is 0.792. The third-order valence-electron chi connectivity index (χ3n) is 7.00. The van der Waals surface area contributed by atoms with Crippen LogP contribution in [0.25, 0.3) is 0 Å². The van der Waals surface area contributed by atoms with Crippen molar-refractivity contribution < 1.29 is 0 Å². The quantitative estimate of drug-likeness (QED) is 0.795. The summed E-state index contributed by atoms with van der Waals surface area (Å²) >= 11 is 0. The molecule has 1 heterocycles. The van der Waals surface area contributed by atoms with E-state index in [0.717, 1.165) is 29.2 Å². The molecule has 1 N–H and O–H groups in total. The third kappa shape index (κ3) is 2.17. The lowest BCUT2D eigenvalue weighted by Crippen LogP contribution is -2.50. The molecule has 0 radical (unpaired) electrons. The van der Waals surface area contributed by atoms with E-state index in [-0.39, 0.29) is 0 Å². The zero-order chi connectivity index (χ0) is 13.1. The fraction of sp³-hybridized carbons (Fsp3) is 1.00. The Morgan fingerprint density at radius 1 is 1.00 bits per heavy atom. The Morgan fingerprint density at radius 2 is 1.58 bits per heavy atom. The second kappa shape index (κ2) is 4.23. The van der Waals surface area contributed by atoms with E-state index >= 15 is 0 Å². The van der Waals surface area contributed by atoms with Crippen LogP contribution in [0, 0.1) is 28.6 Å². The fourth-order valence-corrected chi connectivity index (χ4v) is 6.95. The maximum Gasteiger partial charge on any atom is 0.0119 e. The van der Waals surface area contributed by atoms with E-state index in [0.29, 0.717) is 5.41 Å². The van der Waals surface area contributed by atoms with E-state index in [1.165, 1.54) is 25.8 Å². The van der Waals surface area contributed by atoms with Gasteiger partial charge in [0.1, 0.15) is 0 Å². The summed E-state index contributed by atoms with van der Waals surface area (Å²) in [5.41, 5.74) is 1.27. The monoisotopic (exact) mass is 261 g/mol. The molecule has 4 bridgehead atoms. The van der Waals surface area contributed by atoms with Gasteiger partial charge in [0.25, 0.3) is 0 Å². The molecule has 1 aliphatic heterocycles. The molecule has 1 nitrogen and oxygen atoms in total. The molecule has 19 heavy (non-hydrogen) atoms. The van der Waals surface area contributed by atoms with Crippen LogP contribution in [0.2, 0.25) is 0 Å². The Bertz CT molecular complexity index is 315. The number of rotatable bonds is 3. The first kappa shape index (κ1) is 12.7. The maximum atomic E-state index is 3.78. The van der Waals surface area contributed by atoms with E-state index in [1.54, 1.807) is 38.5 Å². The smallest absolute Gasteiger partial charge is 0.0119 e. The molecular weight excluding hydrogens is 230 g/mol. The van der Waals surface area contributed by atoms with Crippen molar-refractivity contribution >= 4 is 0 Å². The number of nitrogens with one attached hydrogen (secondary N) is 1. The van der Waals surface area contributed by atoms with Crippen molar-refractivity contribution in [1.82, 2.24) is 5.32 Å². The van der Waals surface area contributed by atoms with Crippen molar-refractivity contribution in [2.75, 3.05) is 6.54 Å². The van der Waals surface area contributed by atoms with E-state index in [9.17, 15) is 0 Å². The van der Waals surface area contributed by atoms with Crippen LogP contribution in [0.3, 0.4) is 0 Å². The molecule has 1 atom stereocenters. The standard InChI is InChI=1S/C18H31N/c1-17(2,16-4-3-5-19-16)12-18-9-13-6-14(10-18)8-15(7-13)11-18/h13-16,19H,3-12H2,1-2H3. The van der Waals surface area contributed by atoms with Crippen LogP contribution in [-0.2, 0) is 0 Å². The fourth-order valence-electron chi connectivity index (χ4n) is 6.95. The summed E-state index contributed by atoms with van der Waals surface area (Å²) in [5.74, 6) is 3.33. The molecule has 4 aliphatic carbocycles. The van der Waals surface area contributed by atoms with Gasteiger partial charge in [-0.15, -0.1) is 0 Å². The van der Waals surface area contributed by atoms with Crippen molar-refractivity contribution in [3.8, 4) is 0 Å². The van der Waals surface area contributed by atoms with Crippen LogP contribution in [0.4, 0.5) is 0 Å². The van der Waals surface area contributed by atoms with Crippen molar-refractivity contribution in [3.63, 3.8) is 0 Å². The Labute approximate surface area is 118 Å². The van der Waals surface area contributed by atoms with Gasteiger partial charge in [0.05, 0.1) is 0 Å². The molecular formula is C18H31N. The predicted molar refractivity (Wildman–Crippen MR) is 80.0 cm³/mol. The molecule has 1 heteroatoms. The van der Waals surface area contributed by atoms with E-state index in [2.05, 4.69) is 19.2 Å². The minimum Gasteiger partial charge on any atom is -0.313 e. The van der Waals surface area contributed by atoms with Crippen LogP contribution in [0.5, 0.6) is 0 Å². The molecule has 0 spiro atoms. The Balaban J connectivity index is 1.52. The highest BCUT2D eigenvalue weighted by atomic mass is 15.0. The lowest BCUT2D eigenvalue weighted by Gasteiger charge is -2.59. The van der Waals surface area contributed by atoms with E-state index in [4.69, 9.17) is 0 Å². The molecule has 0 amide bonds. The highest BCUT2D eigenvalue weighted by molar-refractivity contribution is 5.04. The number of hydrogen-bond donors (Lipinski definition) is 1. The van der Waals surface area contributed by atoms with Gasteiger partial charge < -0.3 is 5.32 Å². The van der Waals surface area contributed by atoms with Crippen LogP contribution < -0.4 is 5.32 Å². The zero-order valence-corrected chi connectivity index (χ0v) is 12.9. The van der Waals surface area contributed by atoms with Crippen LogP contribution >= 0.6 is 0 Å². The first-order chi connectivity index (χ1) is 9.05. The second-order valence-corrected chi connectivity index (χ2v) is 9.23. The molecule has 0 aromatic carbocycles. The van der Waals surface area contributed by atoms with Crippen molar-refractivity contribution in [2.24, 2.45) is 28.6 Å². The second-order valence-electron chi connectivity index (χ2n) is 9.23. The molecule has 108 valence electrons. The van der Waals surface area contributed by atoms with Gasteiger partial charge in [0, 0.05) is 6.04 Å². The Kier molecular flexibility index (Phi) is 2.82. The van der Waals surface area contributed by atoms with E-state index < -0.39 is 0 Å². The maximum absolute atomic E-state index is 3.78. The highest BCUT2D eigenvalue weighted by Crippen LogP contribution is 2.63. The largest absolute Gasteiger partial charge is 0.313 e. The predicted octanol–water partition coefficient (Wildman–Crippen LogP) is 4.37. The Hall–Kier alpha value is -0.0400. The molecule has 0 aromatic rings. The van der Waals surface area contributed by atoms with Crippen molar-refractivity contribution in [1.29, 1.82) is 0 Å². The van der Waals surface area contributed by atoms with Gasteiger partial charge in [-0.05, 0) is 92.9 Å². The Morgan fingerprint density at radius 3 is 2.05 bits per heavy atom. The molecule has 1 unspecified atom stereocenters.